The third-order valence-corrected chi connectivity index (χ3v) is 16.7. The highest BCUT2D eigenvalue weighted by Crippen LogP contribution is 2.32. The van der Waals surface area contributed by atoms with Crippen molar-refractivity contribution in [3.05, 3.63) is 208 Å². The minimum absolute atomic E-state index is 0.768. The molecule has 11 heteroatoms. The van der Waals surface area contributed by atoms with Gasteiger partial charge in [-0.05, 0) is 161 Å². The molecule has 1 aliphatic rings. The Morgan fingerprint density at radius 2 is 0.930 bits per heavy atom. The average molecular weight is 1140 g/mol. The molecule has 11 nitrogen and oxygen atoms in total. The molecule has 0 amide bonds. The number of aryl methyl sites for hydroxylation is 6. The number of rotatable bonds is 23. The van der Waals surface area contributed by atoms with Crippen LogP contribution in [0.1, 0.15) is 118 Å². The lowest BCUT2D eigenvalue weighted by Gasteiger charge is -2.17. The Bertz CT molecular complexity index is 4110. The molecular weight excluding hydrogens is 1050 g/mol. The van der Waals surface area contributed by atoms with Gasteiger partial charge >= 0.3 is 0 Å². The molecule has 0 saturated heterocycles. The summed E-state index contributed by atoms with van der Waals surface area (Å²) in [5, 5.41) is 13.6. The lowest BCUT2D eigenvalue weighted by molar-refractivity contribution is -0.538. The van der Waals surface area contributed by atoms with Gasteiger partial charge in [0.25, 0.3) is 0 Å². The maximum atomic E-state index is 6.45. The van der Waals surface area contributed by atoms with Crippen molar-refractivity contribution >= 4 is 89.7 Å². The molecule has 11 rings (SSSR count). The molecule has 10 aromatic rings. The van der Waals surface area contributed by atoms with Gasteiger partial charge in [-0.2, -0.15) is 0 Å². The van der Waals surface area contributed by atoms with Crippen molar-refractivity contribution in [1.29, 1.82) is 0 Å². The molecule has 2 heterocycles. The predicted octanol–water partition coefficient (Wildman–Crippen LogP) is 16.1. The van der Waals surface area contributed by atoms with Crippen LogP contribution in [0.2, 0.25) is 0 Å². The van der Waals surface area contributed by atoms with Crippen LogP contribution in [0.3, 0.4) is 0 Å². The number of nitrogens with zero attached hydrogens (tertiary/aromatic N) is 5. The average Bonchev–Trinajstić information content (AvgIpc) is 1.06. The number of quaternary nitrogens is 1. The van der Waals surface area contributed by atoms with E-state index in [1.165, 1.54) is 52.8 Å². The molecule has 2 aromatic heterocycles. The number of aliphatic imine (C=N–C) groups is 1. The third-order valence-electron chi connectivity index (χ3n) is 16.7. The molecule has 0 saturated carbocycles. The van der Waals surface area contributed by atoms with Gasteiger partial charge in [-0.25, -0.2) is 15.0 Å². The van der Waals surface area contributed by atoms with E-state index in [-0.39, 0.29) is 0 Å². The zero-order valence-electron chi connectivity index (χ0n) is 52.0. The van der Waals surface area contributed by atoms with E-state index < -0.39 is 0 Å². The van der Waals surface area contributed by atoms with E-state index in [0.717, 1.165) is 183 Å². The van der Waals surface area contributed by atoms with E-state index in [2.05, 4.69) is 222 Å². The SMILES string of the molecule is CC.CC1=CC(=Nc2cc(C)c(NCCCCCCNc3cc4c(cc3C)nc3cc(C)c(N)cc3[n+]4-c3ccccc3)cc2[NH2+]c2ccccc2)CC=C1NCCCCCCCc1cc2c(cc1C)nc1cc(C)c(N)cc1[n+]2-c1ccccc1. The number of fused-ring (bicyclic) bond motifs is 4. The third kappa shape index (κ3) is 14.2. The molecule has 440 valence electrons. The van der Waals surface area contributed by atoms with Crippen molar-refractivity contribution in [2.24, 2.45) is 4.99 Å². The maximum Gasteiger partial charge on any atom is 0.239 e. The molecule has 0 spiro atoms. The highest BCUT2D eigenvalue weighted by Gasteiger charge is 2.24. The van der Waals surface area contributed by atoms with E-state index in [1.807, 2.05) is 27.7 Å². The highest BCUT2D eigenvalue weighted by atomic mass is 15.0. The standard InChI is InChI=1S/C73H79N11.C2H6/c1-48-38-66-70(83(57-28-18-13-19-29-57)71-44-59(74)49(2)39-67(71)81-66)43-54(48)25-15-8-7-9-22-34-76-61-33-32-56(37-51(61)4)80-64-41-52(5)62(46-65(64)79-55-26-16-12-17-27-55)77-35-23-10-11-24-36-78-63-47-73-69(42-53(63)6)82-68-40-50(3)60(75)45-72(68)84(73)58-30-20-14-21-31-58;1-2/h12-14,16-21,26-31,33,37-47,74,76-77,79H,7-11,15,22-25,32,34-36H2,1-6H3,(H2,75,78);1-2H3/p+3. The summed E-state index contributed by atoms with van der Waals surface area (Å²) in [4.78, 5) is 15.5. The van der Waals surface area contributed by atoms with Crippen molar-refractivity contribution < 1.29 is 14.5 Å². The summed E-state index contributed by atoms with van der Waals surface area (Å²) in [6.07, 6.45) is 16.9. The van der Waals surface area contributed by atoms with Crippen molar-refractivity contribution in [3.8, 4) is 11.4 Å². The van der Waals surface area contributed by atoms with Gasteiger partial charge in [0.15, 0.2) is 5.69 Å². The van der Waals surface area contributed by atoms with E-state index in [0.29, 0.717) is 0 Å². The van der Waals surface area contributed by atoms with E-state index >= 15 is 0 Å². The summed E-state index contributed by atoms with van der Waals surface area (Å²) in [7, 11) is 0. The highest BCUT2D eigenvalue weighted by molar-refractivity contribution is 6.00. The number of unbranched alkanes of at least 4 members (excludes halogenated alkanes) is 7. The van der Waals surface area contributed by atoms with Crippen LogP contribution in [0, 0.1) is 34.6 Å². The first-order valence-electron chi connectivity index (χ1n) is 31.4. The molecule has 0 atom stereocenters. The number of hydrogen-bond donors (Lipinski definition) is 6. The van der Waals surface area contributed by atoms with Crippen molar-refractivity contribution in [1.82, 2.24) is 15.3 Å². The van der Waals surface area contributed by atoms with E-state index in [4.69, 9.17) is 26.4 Å². The Hall–Kier alpha value is -8.93. The molecule has 1 aliphatic carbocycles. The summed E-state index contributed by atoms with van der Waals surface area (Å²) < 4.78 is 4.61. The Kier molecular flexibility index (Phi) is 19.8. The van der Waals surface area contributed by atoms with Crippen LogP contribution in [-0.4, -0.2) is 35.3 Å². The number of para-hydroxylation sites is 3. The second kappa shape index (κ2) is 28.3. The minimum Gasteiger partial charge on any atom is -0.398 e. The normalized spacial score (nSPS) is 12.8. The fourth-order valence-corrected chi connectivity index (χ4v) is 11.8. The predicted molar refractivity (Wildman–Crippen MR) is 363 cm³/mol. The monoisotopic (exact) mass is 1140 g/mol. The zero-order chi connectivity index (χ0) is 60.1. The first-order valence-corrected chi connectivity index (χ1v) is 31.4. The van der Waals surface area contributed by atoms with Gasteiger partial charge in [0, 0.05) is 115 Å². The Balaban J connectivity index is 0.00000406. The van der Waals surface area contributed by atoms with Gasteiger partial charge in [0.05, 0.1) is 0 Å². The summed E-state index contributed by atoms with van der Waals surface area (Å²) >= 11 is 0. The molecule has 86 heavy (non-hydrogen) atoms. The number of allylic oxidation sites excluding steroid dienone is 3. The van der Waals surface area contributed by atoms with Crippen LogP contribution in [0.5, 0.6) is 0 Å². The molecule has 0 radical (unpaired) electrons. The van der Waals surface area contributed by atoms with E-state index in [9.17, 15) is 0 Å². The van der Waals surface area contributed by atoms with Gasteiger partial charge in [-0.15, -0.1) is 9.13 Å². The Morgan fingerprint density at radius 1 is 0.477 bits per heavy atom. The van der Waals surface area contributed by atoms with Crippen LogP contribution < -0.4 is 41.9 Å². The summed E-state index contributed by atoms with van der Waals surface area (Å²) in [6, 6.07) is 53.6. The molecule has 0 aliphatic heterocycles. The fourth-order valence-electron chi connectivity index (χ4n) is 11.8. The quantitative estimate of drug-likeness (QED) is 0.0162. The van der Waals surface area contributed by atoms with Crippen molar-refractivity contribution in [3.63, 3.8) is 0 Å². The number of hydrogen-bond acceptors (Lipinski definition) is 8. The number of nitrogen functional groups attached to an aromatic ring is 2. The maximum absolute atomic E-state index is 6.45. The molecular formula is C75H88N11+3. The number of aromatic nitrogens is 4. The van der Waals surface area contributed by atoms with Crippen molar-refractivity contribution in [2.45, 2.75) is 126 Å². The van der Waals surface area contributed by atoms with Gasteiger partial charge in [-0.3, -0.25) is 5.32 Å². The first-order chi connectivity index (χ1) is 41.9. The van der Waals surface area contributed by atoms with E-state index in [1.54, 1.807) is 0 Å². The van der Waals surface area contributed by atoms with Gasteiger partial charge in [0.2, 0.25) is 33.4 Å². The second-order valence-corrected chi connectivity index (χ2v) is 23.1. The zero-order valence-corrected chi connectivity index (χ0v) is 52.0. The minimum atomic E-state index is 0.768. The van der Waals surface area contributed by atoms with Crippen LogP contribution in [0.25, 0.3) is 55.5 Å². The Morgan fingerprint density at radius 3 is 1.49 bits per heavy atom. The molecule has 0 bridgehead atoms. The van der Waals surface area contributed by atoms with Gasteiger partial charge in [0.1, 0.15) is 33.4 Å². The molecule has 0 fully saturated rings. The number of nitrogens with one attached hydrogen (secondary N) is 3. The number of nitrogens with two attached hydrogens (primary N) is 3. The smallest absolute Gasteiger partial charge is 0.239 e. The fraction of sp³-hybridized carbons (Fsp3) is 0.293. The first kappa shape index (κ1) is 60.2. The van der Waals surface area contributed by atoms with Crippen LogP contribution >= 0.6 is 0 Å². The number of benzene rings is 8. The summed E-state index contributed by atoms with van der Waals surface area (Å²) in [5.41, 5.74) is 41.0. The summed E-state index contributed by atoms with van der Waals surface area (Å²) in [5.74, 6) is 0. The van der Waals surface area contributed by atoms with Gasteiger partial charge < -0.3 is 27.4 Å². The summed E-state index contributed by atoms with van der Waals surface area (Å²) in [6.45, 7) is 19.7. The number of anilines is 4. The lowest BCUT2D eigenvalue weighted by Crippen LogP contribution is -2.71. The molecule has 9 N–H and O–H groups in total. The van der Waals surface area contributed by atoms with Crippen LogP contribution in [0.15, 0.2) is 180 Å². The van der Waals surface area contributed by atoms with Gasteiger partial charge in [-0.1, -0.05) is 107 Å². The van der Waals surface area contributed by atoms with Crippen LogP contribution in [0.4, 0.5) is 39.8 Å². The lowest BCUT2D eigenvalue weighted by atomic mass is 9.99. The molecule has 8 aromatic carbocycles. The topological polar surface area (TPSA) is 151 Å². The Labute approximate surface area is 509 Å². The van der Waals surface area contributed by atoms with Crippen LogP contribution in [-0.2, 0) is 6.42 Å². The molecule has 0 unspecified atom stereocenters. The van der Waals surface area contributed by atoms with Crippen molar-refractivity contribution in [2.75, 3.05) is 41.7 Å². The largest absolute Gasteiger partial charge is 0.398 e. The second-order valence-electron chi connectivity index (χ2n) is 23.1.